The van der Waals surface area contributed by atoms with E-state index in [-0.39, 0.29) is 14.7 Å². The van der Waals surface area contributed by atoms with Crippen molar-refractivity contribution in [3.8, 4) is 0 Å². The smallest absolute Gasteiger partial charge is 0.241 e. The molecule has 31 heavy (non-hydrogen) atoms. The molecular formula is C23H25NO5S2. The molecule has 0 aliphatic rings. The third-order valence-electron chi connectivity index (χ3n) is 5.06. The van der Waals surface area contributed by atoms with E-state index in [2.05, 4.69) is 4.72 Å². The Balaban J connectivity index is 1.99. The normalized spacial score (nSPS) is 14.2. The maximum absolute atomic E-state index is 13.1. The molecule has 0 aliphatic heterocycles. The van der Waals surface area contributed by atoms with Crippen LogP contribution in [0.4, 0.5) is 0 Å². The van der Waals surface area contributed by atoms with Crippen molar-refractivity contribution in [3.05, 3.63) is 89.5 Å². The zero-order chi connectivity index (χ0) is 22.8. The molecule has 3 aromatic rings. The van der Waals surface area contributed by atoms with Crippen molar-refractivity contribution in [1.82, 2.24) is 4.72 Å². The van der Waals surface area contributed by atoms with E-state index in [9.17, 15) is 21.9 Å². The Hall–Kier alpha value is -2.52. The molecule has 0 aromatic heterocycles. The summed E-state index contributed by atoms with van der Waals surface area (Å²) >= 11 is 0. The van der Waals surface area contributed by atoms with Gasteiger partial charge in [-0.2, -0.15) is 0 Å². The zero-order valence-electron chi connectivity index (χ0n) is 17.5. The first-order valence-corrected chi connectivity index (χ1v) is 12.7. The fourth-order valence-electron chi connectivity index (χ4n) is 3.43. The van der Waals surface area contributed by atoms with Crippen molar-refractivity contribution >= 4 is 19.9 Å². The first kappa shape index (κ1) is 23.1. The predicted octanol–water partition coefficient (Wildman–Crippen LogP) is 3.54. The van der Waals surface area contributed by atoms with Gasteiger partial charge in [0.05, 0.1) is 20.8 Å². The van der Waals surface area contributed by atoms with E-state index in [1.54, 1.807) is 75.4 Å². The summed E-state index contributed by atoms with van der Waals surface area (Å²) in [4.78, 5) is -0.119. The average molecular weight is 460 g/mol. The number of rotatable bonds is 7. The van der Waals surface area contributed by atoms with E-state index in [0.29, 0.717) is 16.7 Å². The molecule has 6 nitrogen and oxygen atoms in total. The van der Waals surface area contributed by atoms with E-state index < -0.39 is 32.0 Å². The van der Waals surface area contributed by atoms with Crippen LogP contribution in [0.5, 0.6) is 0 Å². The van der Waals surface area contributed by atoms with Gasteiger partial charge in [0.15, 0.2) is 0 Å². The number of sulfonamides is 1. The van der Waals surface area contributed by atoms with Crippen LogP contribution in [0, 0.1) is 13.8 Å². The fraction of sp³-hybridized carbons (Fsp3) is 0.217. The lowest BCUT2D eigenvalue weighted by Gasteiger charge is -2.22. The monoisotopic (exact) mass is 459 g/mol. The van der Waals surface area contributed by atoms with Crippen molar-refractivity contribution < 1.29 is 21.9 Å². The minimum atomic E-state index is -4.10. The van der Waals surface area contributed by atoms with Gasteiger partial charge in [-0.05, 0) is 55.7 Å². The number of hydrogen-bond donors (Lipinski definition) is 2. The van der Waals surface area contributed by atoms with Crippen molar-refractivity contribution in [1.29, 1.82) is 0 Å². The molecule has 0 heterocycles. The Kier molecular flexibility index (Phi) is 6.66. The summed E-state index contributed by atoms with van der Waals surface area (Å²) in [5, 5.41) is 10.5. The average Bonchev–Trinajstić information content (AvgIpc) is 2.73. The first-order valence-electron chi connectivity index (χ1n) is 9.71. The van der Waals surface area contributed by atoms with Gasteiger partial charge in [0.2, 0.25) is 19.9 Å². The molecule has 0 aliphatic carbocycles. The summed E-state index contributed by atoms with van der Waals surface area (Å²) in [5.74, 6) is 0. The summed E-state index contributed by atoms with van der Waals surface area (Å²) in [6, 6.07) is 18.5. The van der Waals surface area contributed by atoms with Gasteiger partial charge in [-0.1, -0.05) is 54.6 Å². The minimum Gasteiger partial charge on any atom is -0.387 e. The highest BCUT2D eigenvalue weighted by Crippen LogP contribution is 2.29. The van der Waals surface area contributed by atoms with E-state index in [1.165, 1.54) is 18.2 Å². The second-order valence-corrected chi connectivity index (χ2v) is 11.1. The van der Waals surface area contributed by atoms with Crippen molar-refractivity contribution in [2.24, 2.45) is 0 Å². The summed E-state index contributed by atoms with van der Waals surface area (Å²) in [6.07, 6.45) is -1.06. The van der Waals surface area contributed by atoms with Crippen molar-refractivity contribution in [2.45, 2.75) is 47.6 Å². The van der Waals surface area contributed by atoms with Crippen LogP contribution in [-0.4, -0.2) is 28.0 Å². The standard InChI is InChI=1S/C23H25NO5S2/c1-16-14-17(2)22(15-21(16)30(26,27)20-12-8-5-9-13-20)31(28,29)24-18(3)23(25)19-10-6-4-7-11-19/h4-15,18,23-25H,1-3H3. The third-order valence-corrected chi connectivity index (χ3v) is 8.67. The van der Waals surface area contributed by atoms with Crippen LogP contribution in [0.3, 0.4) is 0 Å². The Morgan fingerprint density at radius 2 is 1.29 bits per heavy atom. The maximum Gasteiger partial charge on any atom is 0.241 e. The highest BCUT2D eigenvalue weighted by molar-refractivity contribution is 7.91. The molecule has 0 amide bonds. The minimum absolute atomic E-state index is 0.0686. The van der Waals surface area contributed by atoms with E-state index in [0.717, 1.165) is 0 Å². The summed E-state index contributed by atoms with van der Waals surface area (Å²) in [6.45, 7) is 4.80. The molecule has 0 spiro atoms. The second kappa shape index (κ2) is 8.92. The predicted molar refractivity (Wildman–Crippen MR) is 119 cm³/mol. The van der Waals surface area contributed by atoms with Gasteiger partial charge < -0.3 is 5.11 Å². The molecule has 0 bridgehead atoms. The first-order chi connectivity index (χ1) is 14.5. The van der Waals surface area contributed by atoms with Gasteiger partial charge in [0.25, 0.3) is 0 Å². The van der Waals surface area contributed by atoms with Gasteiger partial charge in [-0.15, -0.1) is 0 Å². The molecule has 2 unspecified atom stereocenters. The maximum atomic E-state index is 13.1. The van der Waals surface area contributed by atoms with Crippen LogP contribution >= 0.6 is 0 Å². The van der Waals surface area contributed by atoms with Crippen molar-refractivity contribution in [2.75, 3.05) is 0 Å². The number of aliphatic hydroxyl groups is 1. The van der Waals surface area contributed by atoms with E-state index in [4.69, 9.17) is 0 Å². The van der Waals surface area contributed by atoms with Crippen LogP contribution in [0.25, 0.3) is 0 Å². The summed E-state index contributed by atoms with van der Waals surface area (Å²) < 4.78 is 54.9. The molecule has 0 fully saturated rings. The molecule has 2 atom stereocenters. The number of aliphatic hydroxyl groups excluding tert-OH is 1. The van der Waals surface area contributed by atoms with Crippen LogP contribution in [-0.2, 0) is 19.9 Å². The quantitative estimate of drug-likeness (QED) is 0.563. The molecule has 164 valence electrons. The SMILES string of the molecule is Cc1cc(C)c(S(=O)(=O)c2ccccc2)cc1S(=O)(=O)NC(C)C(O)c1ccccc1. The molecule has 0 saturated heterocycles. The molecule has 0 radical (unpaired) electrons. The molecular weight excluding hydrogens is 434 g/mol. The van der Waals surface area contributed by atoms with Crippen LogP contribution in [0.15, 0.2) is 87.5 Å². The third kappa shape index (κ3) is 4.88. The highest BCUT2D eigenvalue weighted by Gasteiger charge is 2.28. The Labute approximate surface area is 183 Å². The van der Waals surface area contributed by atoms with Gasteiger partial charge in [-0.25, -0.2) is 21.6 Å². The molecule has 3 rings (SSSR count). The lowest BCUT2D eigenvalue weighted by molar-refractivity contribution is 0.146. The van der Waals surface area contributed by atoms with Crippen LogP contribution < -0.4 is 4.72 Å². The summed E-state index contributed by atoms with van der Waals surface area (Å²) in [7, 11) is -8.00. The van der Waals surface area contributed by atoms with Gasteiger partial charge in [0.1, 0.15) is 0 Å². The van der Waals surface area contributed by atoms with Gasteiger partial charge >= 0.3 is 0 Å². The number of sulfone groups is 1. The Bertz CT molecular complexity index is 1270. The zero-order valence-corrected chi connectivity index (χ0v) is 19.1. The van der Waals surface area contributed by atoms with E-state index in [1.807, 2.05) is 0 Å². The van der Waals surface area contributed by atoms with Crippen molar-refractivity contribution in [3.63, 3.8) is 0 Å². The van der Waals surface area contributed by atoms with Gasteiger partial charge in [-0.3, -0.25) is 0 Å². The number of nitrogens with one attached hydrogen (secondary N) is 1. The largest absolute Gasteiger partial charge is 0.387 e. The fourth-order valence-corrected chi connectivity index (χ4v) is 6.53. The molecule has 8 heteroatoms. The van der Waals surface area contributed by atoms with Crippen LogP contribution in [0.2, 0.25) is 0 Å². The number of hydrogen-bond acceptors (Lipinski definition) is 5. The highest BCUT2D eigenvalue weighted by atomic mass is 32.2. The number of aryl methyl sites for hydroxylation is 2. The number of benzene rings is 3. The molecule has 3 aromatic carbocycles. The van der Waals surface area contributed by atoms with Crippen LogP contribution in [0.1, 0.15) is 29.7 Å². The lowest BCUT2D eigenvalue weighted by atomic mass is 10.0. The van der Waals surface area contributed by atoms with Gasteiger partial charge in [0, 0.05) is 6.04 Å². The lowest BCUT2D eigenvalue weighted by Crippen LogP contribution is -2.37. The summed E-state index contributed by atoms with van der Waals surface area (Å²) in [5.41, 5.74) is 1.45. The Morgan fingerprint density at radius 1 is 0.774 bits per heavy atom. The second-order valence-electron chi connectivity index (χ2n) is 7.47. The topological polar surface area (TPSA) is 101 Å². The molecule has 0 saturated carbocycles. The molecule has 2 N–H and O–H groups in total. The Morgan fingerprint density at radius 3 is 1.87 bits per heavy atom. The van der Waals surface area contributed by atoms with E-state index >= 15 is 0 Å².